The van der Waals surface area contributed by atoms with Gasteiger partial charge in [-0.2, -0.15) is 0 Å². The highest BCUT2D eigenvalue weighted by Gasteiger charge is 2.19. The predicted molar refractivity (Wildman–Crippen MR) is 75.3 cm³/mol. The van der Waals surface area contributed by atoms with Crippen LogP contribution in [0.2, 0.25) is 0 Å². The lowest BCUT2D eigenvalue weighted by Gasteiger charge is -2.30. The van der Waals surface area contributed by atoms with E-state index in [9.17, 15) is 10.1 Å². The normalized spacial score (nSPS) is 17.4. The Bertz CT molecular complexity index is 391. The highest BCUT2D eigenvalue weighted by atomic mass is 35.5. The Morgan fingerprint density at radius 3 is 2.67 bits per heavy atom. The number of hydrogen-bond acceptors (Lipinski definition) is 5. The molecule has 1 saturated heterocycles. The Balaban J connectivity index is 0.00000162. The van der Waals surface area contributed by atoms with Gasteiger partial charge in [-0.3, -0.25) is 15.0 Å². The zero-order valence-electron chi connectivity index (χ0n) is 10.1. The summed E-state index contributed by atoms with van der Waals surface area (Å²) < 4.78 is 0. The van der Waals surface area contributed by atoms with Crippen LogP contribution in [0, 0.1) is 16.0 Å². The van der Waals surface area contributed by atoms with Gasteiger partial charge in [0.15, 0.2) is 0 Å². The Morgan fingerprint density at radius 1 is 1.50 bits per heavy atom. The smallest absolute Gasteiger partial charge is 0.324 e. The summed E-state index contributed by atoms with van der Waals surface area (Å²) in [7, 11) is 0. The number of hydrogen-bond donors (Lipinski definition) is 1. The lowest BCUT2D eigenvalue weighted by atomic mass is 9.97. The fraction of sp³-hybridized carbons (Fsp3) is 0.636. The van der Waals surface area contributed by atoms with Crippen LogP contribution < -0.4 is 5.73 Å². The molecular formula is C11H18ClN3O2S. The molecular weight excluding hydrogens is 274 g/mol. The minimum absolute atomic E-state index is 0. The van der Waals surface area contributed by atoms with E-state index in [2.05, 4.69) is 4.90 Å². The van der Waals surface area contributed by atoms with Crippen LogP contribution in [0.15, 0.2) is 11.4 Å². The third-order valence-electron chi connectivity index (χ3n) is 3.27. The largest absolute Gasteiger partial charge is 0.330 e. The van der Waals surface area contributed by atoms with Gasteiger partial charge >= 0.3 is 5.00 Å². The van der Waals surface area contributed by atoms with Crippen molar-refractivity contribution in [1.82, 2.24) is 4.90 Å². The van der Waals surface area contributed by atoms with Gasteiger partial charge < -0.3 is 5.73 Å². The van der Waals surface area contributed by atoms with E-state index in [0.717, 1.165) is 44.6 Å². The molecule has 1 aromatic heterocycles. The quantitative estimate of drug-likeness (QED) is 0.682. The summed E-state index contributed by atoms with van der Waals surface area (Å²) >= 11 is 1.21. The van der Waals surface area contributed by atoms with Crippen molar-refractivity contribution < 1.29 is 4.92 Å². The topological polar surface area (TPSA) is 72.4 Å². The predicted octanol–water partition coefficient (Wildman–Crippen LogP) is 2.25. The van der Waals surface area contributed by atoms with Gasteiger partial charge in [-0.15, -0.1) is 12.4 Å². The molecule has 0 spiro atoms. The fourth-order valence-electron chi connectivity index (χ4n) is 2.18. The maximum atomic E-state index is 10.6. The molecule has 5 nitrogen and oxygen atoms in total. The molecule has 0 aromatic carbocycles. The van der Waals surface area contributed by atoms with Crippen molar-refractivity contribution in [1.29, 1.82) is 0 Å². The van der Waals surface area contributed by atoms with Gasteiger partial charge in [0.1, 0.15) is 0 Å². The van der Waals surface area contributed by atoms with Crippen LogP contribution in [-0.2, 0) is 6.54 Å². The van der Waals surface area contributed by atoms with Gasteiger partial charge in [-0.1, -0.05) is 11.3 Å². The van der Waals surface area contributed by atoms with Crippen LogP contribution in [-0.4, -0.2) is 29.5 Å². The summed E-state index contributed by atoms with van der Waals surface area (Å²) in [5, 5.41) is 12.7. The molecule has 0 unspecified atom stereocenters. The number of halogens is 1. The lowest BCUT2D eigenvalue weighted by molar-refractivity contribution is -0.380. The van der Waals surface area contributed by atoms with E-state index in [4.69, 9.17) is 5.73 Å². The van der Waals surface area contributed by atoms with E-state index in [-0.39, 0.29) is 22.3 Å². The van der Waals surface area contributed by atoms with E-state index in [0.29, 0.717) is 5.92 Å². The molecule has 1 aliphatic rings. The first-order valence-corrected chi connectivity index (χ1v) is 6.71. The van der Waals surface area contributed by atoms with Gasteiger partial charge in [0.25, 0.3) is 0 Å². The molecule has 18 heavy (non-hydrogen) atoms. The van der Waals surface area contributed by atoms with Crippen molar-refractivity contribution in [3.8, 4) is 0 Å². The fourth-order valence-corrected chi connectivity index (χ4v) is 2.90. The lowest BCUT2D eigenvalue weighted by Crippen LogP contribution is -2.35. The van der Waals surface area contributed by atoms with Crippen LogP contribution in [0.4, 0.5) is 5.00 Å². The third kappa shape index (κ3) is 3.91. The molecule has 7 heteroatoms. The molecule has 0 radical (unpaired) electrons. The van der Waals surface area contributed by atoms with Crippen molar-refractivity contribution >= 4 is 28.7 Å². The average molecular weight is 292 g/mol. The molecule has 0 aliphatic carbocycles. The summed E-state index contributed by atoms with van der Waals surface area (Å²) in [4.78, 5) is 12.6. The summed E-state index contributed by atoms with van der Waals surface area (Å²) in [6.45, 7) is 3.69. The molecule has 1 fully saturated rings. The minimum Gasteiger partial charge on any atom is -0.330 e. The Kier molecular flexibility index (Phi) is 6.01. The highest BCUT2D eigenvalue weighted by molar-refractivity contribution is 7.13. The number of nitrogens with two attached hydrogens (primary N) is 1. The van der Waals surface area contributed by atoms with Crippen molar-refractivity contribution in [2.45, 2.75) is 19.4 Å². The van der Waals surface area contributed by atoms with E-state index in [1.165, 1.54) is 11.3 Å². The molecule has 0 atom stereocenters. The van der Waals surface area contributed by atoms with Crippen molar-refractivity contribution in [2.24, 2.45) is 11.7 Å². The van der Waals surface area contributed by atoms with Gasteiger partial charge in [-0.05, 0) is 44.0 Å². The van der Waals surface area contributed by atoms with E-state index in [1.807, 2.05) is 5.38 Å². The van der Waals surface area contributed by atoms with Crippen LogP contribution in [0.5, 0.6) is 0 Å². The van der Waals surface area contributed by atoms with Crippen LogP contribution in [0.3, 0.4) is 0 Å². The van der Waals surface area contributed by atoms with Crippen molar-refractivity contribution in [3.63, 3.8) is 0 Å². The first-order valence-electron chi connectivity index (χ1n) is 5.83. The maximum absolute atomic E-state index is 10.6. The zero-order valence-corrected chi connectivity index (χ0v) is 11.7. The molecule has 2 heterocycles. The number of rotatable bonds is 4. The molecule has 1 aliphatic heterocycles. The van der Waals surface area contributed by atoms with Gasteiger partial charge in [-0.25, -0.2) is 0 Å². The number of thiophene rings is 1. The first-order chi connectivity index (χ1) is 8.19. The summed E-state index contributed by atoms with van der Waals surface area (Å²) in [5.74, 6) is 0.656. The molecule has 1 aromatic rings. The molecule has 0 saturated carbocycles. The zero-order chi connectivity index (χ0) is 12.3. The van der Waals surface area contributed by atoms with E-state index < -0.39 is 0 Å². The Hall–Kier alpha value is -0.690. The van der Waals surface area contributed by atoms with Gasteiger partial charge in [0.2, 0.25) is 0 Å². The Labute approximate surface area is 117 Å². The highest BCUT2D eigenvalue weighted by Crippen LogP contribution is 2.25. The Morgan fingerprint density at radius 2 is 2.17 bits per heavy atom. The molecule has 102 valence electrons. The second-order valence-corrected chi connectivity index (χ2v) is 5.40. The van der Waals surface area contributed by atoms with Gasteiger partial charge in [0, 0.05) is 18.0 Å². The van der Waals surface area contributed by atoms with E-state index >= 15 is 0 Å². The summed E-state index contributed by atoms with van der Waals surface area (Å²) in [5.41, 5.74) is 6.70. The number of nitrogens with zero attached hydrogens (tertiary/aromatic N) is 2. The van der Waals surface area contributed by atoms with Gasteiger partial charge in [0.05, 0.1) is 4.92 Å². The minimum atomic E-state index is -0.325. The van der Waals surface area contributed by atoms with Crippen molar-refractivity contribution in [2.75, 3.05) is 19.6 Å². The number of nitro groups is 1. The van der Waals surface area contributed by atoms with E-state index in [1.54, 1.807) is 6.07 Å². The molecule has 0 bridgehead atoms. The summed E-state index contributed by atoms with van der Waals surface area (Å²) in [6.07, 6.45) is 2.28. The summed E-state index contributed by atoms with van der Waals surface area (Å²) in [6, 6.07) is 1.68. The second kappa shape index (κ2) is 7.04. The molecule has 0 amide bonds. The number of likely N-dealkylation sites (tertiary alicyclic amines) is 1. The second-order valence-electron chi connectivity index (χ2n) is 4.51. The SMILES string of the molecule is Cl.NCC1CCN(Cc2csc([N+](=O)[O-])c2)CC1. The standard InChI is InChI=1S/C11H17N3O2S.ClH/c12-6-9-1-3-13(4-2-9)7-10-5-11(14(15)16)17-8-10;/h5,8-9H,1-4,6-7,12H2;1H. The monoisotopic (exact) mass is 291 g/mol. The number of piperidine rings is 1. The van der Waals surface area contributed by atoms with Crippen molar-refractivity contribution in [3.05, 3.63) is 27.1 Å². The molecule has 2 rings (SSSR count). The molecule has 2 N–H and O–H groups in total. The average Bonchev–Trinajstić information content (AvgIpc) is 2.79. The first kappa shape index (κ1) is 15.4. The van der Waals surface area contributed by atoms with Crippen LogP contribution in [0.1, 0.15) is 18.4 Å². The third-order valence-corrected chi connectivity index (χ3v) is 4.20. The van der Waals surface area contributed by atoms with Crippen LogP contribution in [0.25, 0.3) is 0 Å². The van der Waals surface area contributed by atoms with Crippen LogP contribution >= 0.6 is 23.7 Å². The maximum Gasteiger partial charge on any atom is 0.324 e.